The summed E-state index contributed by atoms with van der Waals surface area (Å²) < 4.78 is 21.4. The normalized spacial score (nSPS) is 21.3. The average molecular weight is 359 g/mol. The predicted octanol–water partition coefficient (Wildman–Crippen LogP) is 3.99. The molecule has 3 atom stereocenters. The van der Waals surface area contributed by atoms with Gasteiger partial charge < -0.3 is 10.1 Å². The summed E-state index contributed by atoms with van der Waals surface area (Å²) in [6.45, 7) is 4.25. The van der Waals surface area contributed by atoms with Gasteiger partial charge in [0, 0.05) is 11.6 Å². The molecule has 1 aliphatic carbocycles. The molecule has 1 N–H and O–H groups in total. The van der Waals surface area contributed by atoms with Crippen LogP contribution in [0.3, 0.4) is 0 Å². The molecule has 0 spiro atoms. The summed E-state index contributed by atoms with van der Waals surface area (Å²) in [5, 5.41) is 7.03. The number of hydrogen-bond donors (Lipinski definition) is 1. The largest absolute Gasteiger partial charge is 0.365 e. The zero-order valence-electron chi connectivity index (χ0n) is 15.3. The van der Waals surface area contributed by atoms with Gasteiger partial charge >= 0.3 is 0 Å². The highest BCUT2D eigenvalue weighted by atomic mass is 19.1. The zero-order chi connectivity index (χ0) is 18.5. The van der Waals surface area contributed by atoms with Crippen molar-refractivity contribution in [2.75, 3.05) is 5.32 Å². The van der Waals surface area contributed by atoms with Gasteiger partial charge in [-0.25, -0.2) is 9.07 Å². The molecule has 140 valence electrons. The lowest BCUT2D eigenvalue weighted by molar-refractivity contribution is -0.131. The summed E-state index contributed by atoms with van der Waals surface area (Å²) in [5.74, 6) is 0.679. The van der Waals surface area contributed by atoms with E-state index < -0.39 is 6.10 Å². The number of carbonyl (C=O) groups is 1. The van der Waals surface area contributed by atoms with E-state index >= 15 is 0 Å². The molecule has 3 rings (SSSR count). The van der Waals surface area contributed by atoms with Gasteiger partial charge in [0.05, 0.1) is 18.8 Å². The summed E-state index contributed by atoms with van der Waals surface area (Å²) in [6, 6.07) is 8.25. The minimum atomic E-state index is -0.540. The molecule has 0 radical (unpaired) electrons. The van der Waals surface area contributed by atoms with Crippen LogP contribution in [-0.2, 0) is 16.1 Å². The number of aromatic nitrogens is 2. The van der Waals surface area contributed by atoms with E-state index in [-0.39, 0.29) is 24.4 Å². The first-order chi connectivity index (χ1) is 12.5. The van der Waals surface area contributed by atoms with Gasteiger partial charge in [-0.15, -0.1) is 0 Å². The van der Waals surface area contributed by atoms with Crippen LogP contribution in [0.5, 0.6) is 0 Å². The third kappa shape index (κ3) is 4.69. The Morgan fingerprint density at radius 1 is 1.38 bits per heavy atom. The van der Waals surface area contributed by atoms with Gasteiger partial charge in [-0.2, -0.15) is 5.10 Å². The van der Waals surface area contributed by atoms with Gasteiger partial charge in [0.2, 0.25) is 0 Å². The Bertz CT molecular complexity index is 746. The number of halogens is 1. The molecule has 0 aliphatic heterocycles. The summed E-state index contributed by atoms with van der Waals surface area (Å²) in [5.41, 5.74) is 0.521. The number of anilines is 1. The highest BCUT2D eigenvalue weighted by Crippen LogP contribution is 2.26. The topological polar surface area (TPSA) is 56.1 Å². The summed E-state index contributed by atoms with van der Waals surface area (Å²) in [7, 11) is 0. The van der Waals surface area contributed by atoms with Gasteiger partial charge in [-0.3, -0.25) is 4.79 Å². The molecule has 1 aromatic carbocycles. The Hall–Kier alpha value is -2.21. The predicted molar refractivity (Wildman–Crippen MR) is 98.3 cm³/mol. The highest BCUT2D eigenvalue weighted by molar-refractivity contribution is 5.93. The summed E-state index contributed by atoms with van der Waals surface area (Å²) in [6.07, 6.45) is 5.58. The smallest absolute Gasteiger partial charge is 0.254 e. The van der Waals surface area contributed by atoms with Crippen molar-refractivity contribution in [2.45, 2.75) is 58.3 Å². The first kappa shape index (κ1) is 18.6. The molecule has 26 heavy (non-hydrogen) atoms. The van der Waals surface area contributed by atoms with Crippen molar-refractivity contribution in [3.8, 4) is 0 Å². The van der Waals surface area contributed by atoms with Crippen LogP contribution in [0.4, 0.5) is 10.2 Å². The molecule has 2 aromatic rings. The Balaban J connectivity index is 1.59. The fourth-order valence-corrected chi connectivity index (χ4v) is 3.43. The van der Waals surface area contributed by atoms with E-state index in [0.29, 0.717) is 17.3 Å². The van der Waals surface area contributed by atoms with E-state index in [9.17, 15) is 9.18 Å². The van der Waals surface area contributed by atoms with Crippen LogP contribution in [0.25, 0.3) is 0 Å². The Morgan fingerprint density at radius 3 is 2.96 bits per heavy atom. The highest BCUT2D eigenvalue weighted by Gasteiger charge is 2.24. The maximum Gasteiger partial charge on any atom is 0.254 e. The molecule has 5 nitrogen and oxygen atoms in total. The number of hydrogen-bond acceptors (Lipinski definition) is 3. The minimum absolute atomic E-state index is 0.142. The van der Waals surface area contributed by atoms with E-state index in [1.54, 1.807) is 42.1 Å². The van der Waals surface area contributed by atoms with E-state index in [2.05, 4.69) is 17.3 Å². The third-order valence-electron chi connectivity index (χ3n) is 4.90. The number of nitrogens with one attached hydrogen (secondary N) is 1. The van der Waals surface area contributed by atoms with E-state index in [1.165, 1.54) is 12.5 Å². The molecule has 1 saturated carbocycles. The third-order valence-corrected chi connectivity index (χ3v) is 4.90. The number of rotatable bonds is 6. The summed E-state index contributed by atoms with van der Waals surface area (Å²) >= 11 is 0. The monoisotopic (exact) mass is 359 g/mol. The van der Waals surface area contributed by atoms with Gasteiger partial charge in [0.25, 0.3) is 5.91 Å². The van der Waals surface area contributed by atoms with Crippen LogP contribution in [0.15, 0.2) is 36.5 Å². The quantitative estimate of drug-likeness (QED) is 0.848. The van der Waals surface area contributed by atoms with E-state index in [0.717, 1.165) is 19.3 Å². The molecule has 0 bridgehead atoms. The molecular formula is C20H26FN3O2. The second kappa shape index (κ2) is 8.45. The van der Waals surface area contributed by atoms with Gasteiger partial charge in [-0.05, 0) is 31.7 Å². The van der Waals surface area contributed by atoms with Crippen LogP contribution in [0.2, 0.25) is 0 Å². The Kier molecular flexibility index (Phi) is 6.04. The molecule has 1 amide bonds. The van der Waals surface area contributed by atoms with Crippen molar-refractivity contribution in [2.24, 2.45) is 5.92 Å². The van der Waals surface area contributed by atoms with Gasteiger partial charge in [-0.1, -0.05) is 38.0 Å². The number of ether oxygens (including phenoxy) is 1. The maximum atomic E-state index is 13.8. The second-order valence-corrected chi connectivity index (χ2v) is 7.13. The standard InChI is InChI=1S/C20H26FN3O2/c1-14-6-5-8-17(12-14)26-15(2)20(25)23-19-10-11-22-24(19)13-16-7-3-4-9-18(16)21/h3-4,7,9-11,14-15,17H,5-6,8,12-13H2,1-2H3,(H,23,25). The van der Waals surface area contributed by atoms with Crippen LogP contribution >= 0.6 is 0 Å². The number of benzene rings is 1. The van der Waals surface area contributed by atoms with Crippen molar-refractivity contribution in [1.82, 2.24) is 9.78 Å². The van der Waals surface area contributed by atoms with Crippen molar-refractivity contribution in [3.05, 3.63) is 47.9 Å². The molecule has 6 heteroatoms. The average Bonchev–Trinajstić information content (AvgIpc) is 3.03. The van der Waals surface area contributed by atoms with Crippen LogP contribution < -0.4 is 5.32 Å². The molecule has 1 aromatic heterocycles. The lowest BCUT2D eigenvalue weighted by Crippen LogP contribution is -2.34. The molecular weight excluding hydrogens is 333 g/mol. The van der Waals surface area contributed by atoms with Crippen molar-refractivity contribution in [1.29, 1.82) is 0 Å². The summed E-state index contributed by atoms with van der Waals surface area (Å²) in [4.78, 5) is 12.5. The van der Waals surface area contributed by atoms with Crippen LogP contribution in [0.1, 0.15) is 45.1 Å². The fraction of sp³-hybridized carbons (Fsp3) is 0.500. The molecule has 1 aliphatic rings. The van der Waals surface area contributed by atoms with E-state index in [4.69, 9.17) is 4.74 Å². The minimum Gasteiger partial charge on any atom is -0.365 e. The van der Waals surface area contributed by atoms with Crippen LogP contribution in [-0.4, -0.2) is 27.9 Å². The van der Waals surface area contributed by atoms with Crippen LogP contribution in [0, 0.1) is 11.7 Å². The molecule has 1 fully saturated rings. The number of carbonyl (C=O) groups excluding carboxylic acids is 1. The maximum absolute atomic E-state index is 13.8. The van der Waals surface area contributed by atoms with Crippen molar-refractivity contribution in [3.63, 3.8) is 0 Å². The number of amides is 1. The first-order valence-electron chi connectivity index (χ1n) is 9.24. The molecule has 0 saturated heterocycles. The van der Waals surface area contributed by atoms with E-state index in [1.807, 2.05) is 0 Å². The van der Waals surface area contributed by atoms with Crippen molar-refractivity contribution < 1.29 is 13.9 Å². The van der Waals surface area contributed by atoms with Gasteiger partial charge in [0.15, 0.2) is 0 Å². The van der Waals surface area contributed by atoms with Gasteiger partial charge in [0.1, 0.15) is 17.7 Å². The van der Waals surface area contributed by atoms with Crippen molar-refractivity contribution >= 4 is 11.7 Å². The Morgan fingerprint density at radius 2 is 2.19 bits per heavy atom. The zero-order valence-corrected chi connectivity index (χ0v) is 15.3. The molecule has 3 unspecified atom stereocenters. The Labute approximate surface area is 153 Å². The SMILES string of the molecule is CC1CCCC(OC(C)C(=O)Nc2ccnn2Cc2ccccc2F)C1. The fourth-order valence-electron chi connectivity index (χ4n) is 3.43. The number of nitrogens with zero attached hydrogens (tertiary/aromatic N) is 2. The second-order valence-electron chi connectivity index (χ2n) is 7.13. The lowest BCUT2D eigenvalue weighted by Gasteiger charge is -2.29. The first-order valence-corrected chi connectivity index (χ1v) is 9.24. The lowest BCUT2D eigenvalue weighted by atomic mass is 9.88. The molecule has 1 heterocycles.